The summed E-state index contributed by atoms with van der Waals surface area (Å²) < 4.78 is 24.4. The third-order valence-corrected chi connectivity index (χ3v) is 3.95. The Morgan fingerprint density at radius 1 is 1.21 bits per heavy atom. The Bertz CT molecular complexity index is 846. The fraction of sp³-hybridized carbons (Fsp3) is 0.500. The van der Waals surface area contributed by atoms with Crippen LogP contribution in [0.5, 0.6) is 0 Å². The van der Waals surface area contributed by atoms with Crippen LogP contribution in [0.15, 0.2) is 27.6 Å². The second kappa shape index (κ2) is 11.2. The maximum atomic E-state index is 13.4. The summed E-state index contributed by atoms with van der Waals surface area (Å²) in [5, 5.41) is 9.82. The number of furan rings is 1. The highest BCUT2D eigenvalue weighted by molar-refractivity contribution is 14.0. The summed E-state index contributed by atoms with van der Waals surface area (Å²) in [6, 6.07) is 4.49. The standard InChI is InChI=1S/C20H29FN4O3.HI/c1-13-15-11-14(21)7-8-16(15)27-17(13)12-25-18(22-5)23-9-6-10-24-19(26)28-20(2,3)4;/h7-8,11H,6,9-10,12H2,1-5H3,(H,24,26)(H2,22,23,25);1H. The van der Waals surface area contributed by atoms with Gasteiger partial charge in [0, 0.05) is 31.1 Å². The molecule has 0 fully saturated rings. The number of benzene rings is 1. The van der Waals surface area contributed by atoms with Gasteiger partial charge in [-0.25, -0.2) is 9.18 Å². The predicted molar refractivity (Wildman–Crippen MR) is 123 cm³/mol. The molecule has 0 saturated carbocycles. The van der Waals surface area contributed by atoms with Crippen molar-refractivity contribution in [3.05, 3.63) is 35.3 Å². The van der Waals surface area contributed by atoms with Crippen molar-refractivity contribution in [1.29, 1.82) is 0 Å². The van der Waals surface area contributed by atoms with Gasteiger partial charge in [-0.15, -0.1) is 24.0 Å². The number of hydrogen-bond acceptors (Lipinski definition) is 4. The predicted octanol–water partition coefficient (Wildman–Crippen LogP) is 4.08. The number of nitrogens with one attached hydrogen (secondary N) is 3. The molecule has 2 rings (SSSR count). The van der Waals surface area contributed by atoms with E-state index in [1.807, 2.05) is 27.7 Å². The number of halogens is 2. The first-order valence-corrected chi connectivity index (χ1v) is 9.28. The zero-order valence-corrected chi connectivity index (χ0v) is 19.8. The highest BCUT2D eigenvalue weighted by atomic mass is 127. The number of rotatable bonds is 6. The second-order valence-corrected chi connectivity index (χ2v) is 7.43. The number of amides is 1. The average Bonchev–Trinajstić information content (AvgIpc) is 2.91. The Hall–Kier alpha value is -2.04. The van der Waals surface area contributed by atoms with Crippen LogP contribution >= 0.6 is 24.0 Å². The van der Waals surface area contributed by atoms with Gasteiger partial charge in [0.1, 0.15) is 22.8 Å². The molecule has 9 heteroatoms. The largest absolute Gasteiger partial charge is 0.459 e. The highest BCUT2D eigenvalue weighted by Crippen LogP contribution is 2.25. The lowest BCUT2D eigenvalue weighted by Gasteiger charge is -2.19. The van der Waals surface area contributed by atoms with Crippen molar-refractivity contribution in [1.82, 2.24) is 16.0 Å². The van der Waals surface area contributed by atoms with Crippen LogP contribution in [0.25, 0.3) is 11.0 Å². The van der Waals surface area contributed by atoms with Crippen molar-refractivity contribution in [3.63, 3.8) is 0 Å². The number of aryl methyl sites for hydroxylation is 1. The van der Waals surface area contributed by atoms with Gasteiger partial charge in [-0.1, -0.05) is 0 Å². The summed E-state index contributed by atoms with van der Waals surface area (Å²) in [7, 11) is 1.68. The van der Waals surface area contributed by atoms with Gasteiger partial charge in [-0.3, -0.25) is 4.99 Å². The second-order valence-electron chi connectivity index (χ2n) is 7.43. The highest BCUT2D eigenvalue weighted by Gasteiger charge is 2.15. The van der Waals surface area contributed by atoms with Gasteiger partial charge in [-0.05, 0) is 52.3 Å². The number of carbonyl (C=O) groups excluding carboxylic acids is 1. The van der Waals surface area contributed by atoms with E-state index in [9.17, 15) is 9.18 Å². The molecule has 0 aliphatic heterocycles. The molecule has 3 N–H and O–H groups in total. The lowest BCUT2D eigenvalue weighted by Crippen LogP contribution is -2.39. The molecule has 0 saturated heterocycles. The van der Waals surface area contributed by atoms with Crippen molar-refractivity contribution in [2.24, 2.45) is 4.99 Å². The molecule has 0 radical (unpaired) electrons. The molecule has 0 bridgehead atoms. The molecular formula is C20H30FIN4O3. The van der Waals surface area contributed by atoms with Crippen LogP contribution in [0.3, 0.4) is 0 Å². The molecule has 1 aromatic carbocycles. The number of nitrogens with zero attached hydrogens (tertiary/aromatic N) is 1. The Balaban J connectivity index is 0.00000420. The third kappa shape index (κ3) is 8.08. The molecule has 1 heterocycles. The minimum atomic E-state index is -0.505. The third-order valence-electron chi connectivity index (χ3n) is 3.95. The molecule has 2 aromatic rings. The smallest absolute Gasteiger partial charge is 0.407 e. The topological polar surface area (TPSA) is 87.9 Å². The summed E-state index contributed by atoms with van der Waals surface area (Å²) in [4.78, 5) is 15.7. The first kappa shape index (κ1) is 25.0. The molecule has 0 atom stereocenters. The maximum absolute atomic E-state index is 13.4. The van der Waals surface area contributed by atoms with Crippen LogP contribution in [0.2, 0.25) is 0 Å². The van der Waals surface area contributed by atoms with Gasteiger partial charge in [0.15, 0.2) is 5.96 Å². The van der Waals surface area contributed by atoms with E-state index in [2.05, 4.69) is 20.9 Å². The number of guanidine groups is 1. The number of hydrogen-bond donors (Lipinski definition) is 3. The van der Waals surface area contributed by atoms with E-state index in [1.54, 1.807) is 13.1 Å². The van der Waals surface area contributed by atoms with Crippen molar-refractivity contribution in [2.75, 3.05) is 20.1 Å². The summed E-state index contributed by atoms with van der Waals surface area (Å²) >= 11 is 0. The van der Waals surface area contributed by atoms with Gasteiger partial charge in [0.2, 0.25) is 0 Å². The zero-order chi connectivity index (χ0) is 20.7. The summed E-state index contributed by atoms with van der Waals surface area (Å²) in [5.41, 5.74) is 1.06. The average molecular weight is 520 g/mol. The fourth-order valence-corrected chi connectivity index (χ4v) is 2.60. The molecule has 162 valence electrons. The van der Waals surface area contributed by atoms with E-state index in [0.717, 1.165) is 16.7 Å². The van der Waals surface area contributed by atoms with Gasteiger partial charge < -0.3 is 25.1 Å². The summed E-state index contributed by atoms with van der Waals surface area (Å²) in [6.45, 7) is 8.92. The summed E-state index contributed by atoms with van der Waals surface area (Å²) in [6.07, 6.45) is 0.287. The summed E-state index contributed by atoms with van der Waals surface area (Å²) in [5.74, 6) is 1.06. The Morgan fingerprint density at radius 2 is 1.90 bits per heavy atom. The molecular weight excluding hydrogens is 490 g/mol. The Kier molecular flexibility index (Phi) is 9.67. The minimum Gasteiger partial charge on any atom is -0.459 e. The minimum absolute atomic E-state index is 0. The van der Waals surface area contributed by atoms with Crippen LogP contribution in [0.1, 0.15) is 38.5 Å². The van der Waals surface area contributed by atoms with Crippen LogP contribution in [-0.4, -0.2) is 37.8 Å². The van der Waals surface area contributed by atoms with Gasteiger partial charge >= 0.3 is 6.09 Å². The van der Waals surface area contributed by atoms with E-state index in [1.165, 1.54) is 12.1 Å². The van der Waals surface area contributed by atoms with Crippen molar-refractivity contribution in [2.45, 2.75) is 46.3 Å². The molecule has 7 nitrogen and oxygen atoms in total. The number of fused-ring (bicyclic) bond motifs is 1. The van der Waals surface area contributed by atoms with Crippen molar-refractivity contribution in [3.8, 4) is 0 Å². The molecule has 1 amide bonds. The van der Waals surface area contributed by atoms with E-state index >= 15 is 0 Å². The Morgan fingerprint density at radius 3 is 2.55 bits per heavy atom. The van der Waals surface area contributed by atoms with Gasteiger partial charge in [-0.2, -0.15) is 0 Å². The quantitative estimate of drug-likeness (QED) is 0.231. The fourth-order valence-electron chi connectivity index (χ4n) is 2.60. The van der Waals surface area contributed by atoms with E-state index in [4.69, 9.17) is 9.15 Å². The van der Waals surface area contributed by atoms with E-state index in [-0.39, 0.29) is 29.8 Å². The lowest BCUT2D eigenvalue weighted by atomic mass is 10.1. The molecule has 29 heavy (non-hydrogen) atoms. The first-order chi connectivity index (χ1) is 13.2. The number of carbonyl (C=O) groups is 1. The molecule has 0 unspecified atom stereocenters. The molecule has 0 aliphatic carbocycles. The zero-order valence-electron chi connectivity index (χ0n) is 17.5. The molecule has 0 aliphatic rings. The lowest BCUT2D eigenvalue weighted by molar-refractivity contribution is 0.0527. The molecule has 1 aromatic heterocycles. The molecule has 0 spiro atoms. The van der Waals surface area contributed by atoms with Crippen LogP contribution < -0.4 is 16.0 Å². The van der Waals surface area contributed by atoms with Crippen LogP contribution in [0.4, 0.5) is 9.18 Å². The number of ether oxygens (including phenoxy) is 1. The first-order valence-electron chi connectivity index (χ1n) is 9.28. The van der Waals surface area contributed by atoms with Gasteiger partial charge in [0.25, 0.3) is 0 Å². The van der Waals surface area contributed by atoms with E-state index in [0.29, 0.717) is 37.6 Å². The van der Waals surface area contributed by atoms with Crippen LogP contribution in [0, 0.1) is 12.7 Å². The maximum Gasteiger partial charge on any atom is 0.407 e. The van der Waals surface area contributed by atoms with E-state index < -0.39 is 11.7 Å². The van der Waals surface area contributed by atoms with Crippen molar-refractivity contribution < 1.29 is 18.3 Å². The SMILES string of the molecule is CN=C(NCCCNC(=O)OC(C)(C)C)NCc1oc2ccc(F)cc2c1C.I. The Labute approximate surface area is 187 Å². The number of alkyl carbamates (subject to hydrolysis) is 1. The van der Waals surface area contributed by atoms with Crippen LogP contribution in [-0.2, 0) is 11.3 Å². The van der Waals surface area contributed by atoms with Gasteiger partial charge in [0.05, 0.1) is 6.54 Å². The number of aliphatic imine (C=N–C) groups is 1. The van der Waals surface area contributed by atoms with Crippen molar-refractivity contribution >= 4 is 47.0 Å². The monoisotopic (exact) mass is 520 g/mol. The normalized spacial score (nSPS) is 11.7.